The number of rotatable bonds is 9. The molecule has 6 rings (SSSR count). The largest absolute Gasteiger partial charge is 0.494 e. The molecule has 23 heteroatoms. The van der Waals surface area contributed by atoms with E-state index in [-0.39, 0.29) is 0 Å². The van der Waals surface area contributed by atoms with E-state index in [1.165, 1.54) is 5.56 Å². The third-order valence-corrected chi connectivity index (χ3v) is 9.25. The number of benzene rings is 5. The van der Waals surface area contributed by atoms with Gasteiger partial charge >= 0.3 is 0 Å². The van der Waals surface area contributed by atoms with Crippen molar-refractivity contribution >= 4 is 28.0 Å². The maximum Gasteiger partial charge on any atom is 0.200 e. The van der Waals surface area contributed by atoms with Gasteiger partial charge in [-0.15, -0.1) is 21.9 Å². The summed E-state index contributed by atoms with van der Waals surface area (Å²) in [4.78, 5) is 0. The average Bonchev–Trinajstić information content (AvgIpc) is 3.26. The summed E-state index contributed by atoms with van der Waals surface area (Å²) in [5.41, 5.74) is -13.0. The average molecular weight is 907 g/mol. The topological polar surface area (TPSA) is 13.1 Å². The van der Waals surface area contributed by atoms with Crippen molar-refractivity contribution in [1.82, 2.24) is 0 Å². The molecule has 0 radical (unpaired) electrons. The van der Waals surface area contributed by atoms with Crippen LogP contribution < -0.4 is 31.2 Å². The lowest BCUT2D eigenvalue weighted by atomic mass is 9.12. The summed E-state index contributed by atoms with van der Waals surface area (Å²) in [6.45, 7) is 3.79. The second-order valence-electron chi connectivity index (χ2n) is 12.8. The molecular formula is C39H18BF20NO. The Bertz CT molecular complexity index is 2320. The lowest BCUT2D eigenvalue weighted by molar-refractivity contribution is -0.688. The number of hydrogen-bond donors (Lipinski definition) is 0. The Labute approximate surface area is 334 Å². The summed E-state index contributed by atoms with van der Waals surface area (Å²) in [6.07, 6.45) is -2.03. The van der Waals surface area contributed by atoms with Gasteiger partial charge in [-0.3, -0.25) is 0 Å². The van der Waals surface area contributed by atoms with Gasteiger partial charge in [-0.2, -0.15) is 0 Å². The van der Waals surface area contributed by atoms with Crippen LogP contribution in [-0.2, 0) is 6.54 Å². The molecule has 0 aliphatic heterocycles. The standard InChI is InChI=1S/C24BF20.C15H18NO/c26-5-1(6(27)14(35)21(42)13(5)34)25(2-7(28)15(36)22(43)16(37)8(2)29,3-9(30)17(38)23(44)18(39)10(3)31)4-11(32)19(40)24(45)20(41)12(4)33;1-2-12-17-15-8-6-14(7-9-15)13-16-10-4-3-5-11-16/h;3-11H,2,12-13H2,1H3/q-1;+1. The number of aromatic nitrogens is 1. The Hall–Kier alpha value is -6.29. The third kappa shape index (κ3) is 7.65. The fourth-order valence-corrected chi connectivity index (χ4v) is 6.54. The minimum Gasteiger partial charge on any atom is -0.494 e. The van der Waals surface area contributed by atoms with Gasteiger partial charge < -0.3 is 4.74 Å². The molecule has 0 atom stereocenters. The van der Waals surface area contributed by atoms with Crippen LogP contribution in [0.25, 0.3) is 0 Å². The highest BCUT2D eigenvalue weighted by molar-refractivity contribution is 7.20. The summed E-state index contributed by atoms with van der Waals surface area (Å²) in [5, 5.41) is 0. The van der Waals surface area contributed by atoms with Crippen molar-refractivity contribution in [3.8, 4) is 5.75 Å². The molecule has 328 valence electrons. The van der Waals surface area contributed by atoms with Crippen LogP contribution >= 0.6 is 0 Å². The lowest BCUT2D eigenvalue weighted by Gasteiger charge is -2.44. The van der Waals surface area contributed by atoms with Crippen LogP contribution in [0.3, 0.4) is 0 Å². The van der Waals surface area contributed by atoms with Gasteiger partial charge in [-0.05, 0) is 30.7 Å². The monoisotopic (exact) mass is 907 g/mol. The van der Waals surface area contributed by atoms with Gasteiger partial charge in [0.1, 0.15) is 58.4 Å². The Morgan fingerprint density at radius 2 is 0.629 bits per heavy atom. The first-order chi connectivity index (χ1) is 29.1. The predicted octanol–water partition coefficient (Wildman–Crippen LogP) is 8.66. The molecule has 0 saturated heterocycles. The van der Waals surface area contributed by atoms with Crippen LogP contribution in [0.5, 0.6) is 5.75 Å². The summed E-state index contributed by atoms with van der Waals surface area (Å²) < 4.78 is 302. The Kier molecular flexibility index (Phi) is 13.6. The predicted molar refractivity (Wildman–Crippen MR) is 177 cm³/mol. The van der Waals surface area contributed by atoms with Crippen LogP contribution in [0, 0.1) is 116 Å². The number of halogens is 20. The summed E-state index contributed by atoms with van der Waals surface area (Å²) in [7, 11) is 0. The van der Waals surface area contributed by atoms with Gasteiger partial charge in [0, 0.05) is 17.7 Å². The number of hydrogen-bond acceptors (Lipinski definition) is 1. The van der Waals surface area contributed by atoms with Crippen LogP contribution in [-0.4, -0.2) is 12.8 Å². The van der Waals surface area contributed by atoms with Crippen molar-refractivity contribution in [3.05, 3.63) is 177 Å². The smallest absolute Gasteiger partial charge is 0.200 e. The molecule has 1 heterocycles. The van der Waals surface area contributed by atoms with E-state index in [1.54, 1.807) is 0 Å². The second kappa shape index (κ2) is 18.0. The van der Waals surface area contributed by atoms with E-state index >= 15 is 35.1 Å². The zero-order valence-corrected chi connectivity index (χ0v) is 30.3. The zero-order chi connectivity index (χ0) is 46.3. The number of nitrogens with zero attached hydrogens (tertiary/aromatic N) is 1. The van der Waals surface area contributed by atoms with E-state index < -0.39 is 144 Å². The van der Waals surface area contributed by atoms with Gasteiger partial charge in [-0.1, -0.05) is 13.0 Å². The van der Waals surface area contributed by atoms with Crippen molar-refractivity contribution in [2.24, 2.45) is 0 Å². The highest BCUT2D eigenvalue weighted by Crippen LogP contribution is 2.30. The van der Waals surface area contributed by atoms with Crippen LogP contribution in [0.2, 0.25) is 0 Å². The van der Waals surface area contributed by atoms with Gasteiger partial charge in [-0.25, -0.2) is 92.4 Å². The Morgan fingerprint density at radius 1 is 0.371 bits per heavy atom. The van der Waals surface area contributed by atoms with Crippen molar-refractivity contribution in [2.75, 3.05) is 6.61 Å². The highest BCUT2D eigenvalue weighted by atomic mass is 19.2. The normalized spacial score (nSPS) is 11.5. The van der Waals surface area contributed by atoms with Gasteiger partial charge in [0.2, 0.25) is 0 Å². The molecule has 0 spiro atoms. The summed E-state index contributed by atoms with van der Waals surface area (Å²) in [6, 6.07) is 14.4. The van der Waals surface area contributed by atoms with Gasteiger partial charge in [0.15, 0.2) is 88.7 Å². The maximum absolute atomic E-state index is 15.4. The molecule has 1 aromatic heterocycles. The van der Waals surface area contributed by atoms with Crippen LogP contribution in [0.15, 0.2) is 54.9 Å². The number of pyridine rings is 1. The van der Waals surface area contributed by atoms with Crippen LogP contribution in [0.1, 0.15) is 18.9 Å². The van der Waals surface area contributed by atoms with E-state index in [1.807, 2.05) is 30.3 Å². The van der Waals surface area contributed by atoms with Crippen molar-refractivity contribution in [1.29, 1.82) is 0 Å². The number of ether oxygens (including phenoxy) is 1. The fraction of sp³-hybridized carbons (Fsp3) is 0.103. The molecule has 62 heavy (non-hydrogen) atoms. The van der Waals surface area contributed by atoms with Crippen molar-refractivity contribution < 1.29 is 97.1 Å². The molecule has 5 aromatic carbocycles. The first-order valence-corrected chi connectivity index (χ1v) is 17.0. The minimum absolute atomic E-state index is 0.785. The second-order valence-corrected chi connectivity index (χ2v) is 12.8. The van der Waals surface area contributed by atoms with Gasteiger partial charge in [0.25, 0.3) is 0 Å². The van der Waals surface area contributed by atoms with E-state index in [2.05, 4.69) is 36.0 Å². The van der Waals surface area contributed by atoms with E-state index in [4.69, 9.17) is 4.74 Å². The molecule has 0 aliphatic carbocycles. The molecule has 6 aromatic rings. The molecule has 0 unspecified atom stereocenters. The van der Waals surface area contributed by atoms with Gasteiger partial charge in [0.05, 0.1) is 6.61 Å². The van der Waals surface area contributed by atoms with Crippen LogP contribution in [0.4, 0.5) is 87.8 Å². The molecule has 0 aliphatic rings. The van der Waals surface area contributed by atoms with Crippen molar-refractivity contribution in [2.45, 2.75) is 19.9 Å². The molecule has 0 N–H and O–H groups in total. The summed E-state index contributed by atoms with van der Waals surface area (Å²) >= 11 is 0. The maximum atomic E-state index is 15.4. The van der Waals surface area contributed by atoms with Crippen molar-refractivity contribution in [3.63, 3.8) is 0 Å². The first kappa shape index (κ1) is 46.8. The minimum atomic E-state index is -7.22. The molecule has 0 bridgehead atoms. The Balaban J connectivity index is 0.000000355. The third-order valence-electron chi connectivity index (χ3n) is 9.25. The summed E-state index contributed by atoms with van der Waals surface area (Å²) in [5.74, 6) is -70.5. The highest BCUT2D eigenvalue weighted by Gasteiger charge is 2.52. The Morgan fingerprint density at radius 3 is 0.887 bits per heavy atom. The fourth-order valence-electron chi connectivity index (χ4n) is 6.54. The first-order valence-electron chi connectivity index (χ1n) is 17.0. The molecule has 0 saturated carbocycles. The van der Waals surface area contributed by atoms with E-state index in [0.717, 1.165) is 25.3 Å². The quantitative estimate of drug-likeness (QED) is 0.0466. The SMILES string of the molecule is CCCOc1ccc(C[n+]2ccccc2)cc1.Fc1c(F)c(F)c([B-](c2c(F)c(F)c(F)c(F)c2F)(c2c(F)c(F)c(F)c(F)c2F)c2c(F)c(F)c(F)c(F)c2F)c(F)c1F. The lowest BCUT2D eigenvalue weighted by Crippen LogP contribution is -2.81. The zero-order valence-electron chi connectivity index (χ0n) is 30.3. The molecule has 2 nitrogen and oxygen atoms in total. The molecule has 0 amide bonds. The van der Waals surface area contributed by atoms with E-state index in [0.29, 0.717) is 0 Å². The molecular weight excluding hydrogens is 889 g/mol. The molecule has 0 fully saturated rings. The van der Waals surface area contributed by atoms with E-state index in [9.17, 15) is 52.7 Å².